The zero-order chi connectivity index (χ0) is 28.8. The summed E-state index contributed by atoms with van der Waals surface area (Å²) in [7, 11) is -1.54. The highest BCUT2D eigenvalue weighted by Gasteiger charge is 2.31. The van der Waals surface area contributed by atoms with Gasteiger partial charge in [-0.15, -0.1) is 10.2 Å². The lowest BCUT2D eigenvalue weighted by atomic mass is 9.86. The first-order chi connectivity index (χ1) is 19.5. The minimum Gasteiger partial charge on any atom is -0.424 e. The number of H-pyrrole nitrogens is 1. The summed E-state index contributed by atoms with van der Waals surface area (Å²) in [4.78, 5) is 13.0. The van der Waals surface area contributed by atoms with Crippen molar-refractivity contribution in [3.8, 4) is 11.4 Å². The predicted octanol–water partition coefficient (Wildman–Crippen LogP) is 4.67. The van der Waals surface area contributed by atoms with E-state index in [1.165, 1.54) is 5.69 Å². The standard InChI is InChI=1S/C30H39N7O3S/c1-30(2,3)29-34-33-28(40-29)21-5-9-22(10-6-21)35-41(38,39)24-13-14-25-26(19-24)32-27(31-25)20-7-11-23(12-8-20)37-17-15-36(4)16-18-37/h7-8,11-14,19,21-22,35H,5-6,9-10,15-18H2,1-4H3,(H,31,32)/t21-,22-. The third-order valence-electron chi connectivity index (χ3n) is 8.25. The monoisotopic (exact) mass is 577 g/mol. The van der Waals surface area contributed by atoms with Gasteiger partial charge in [0.2, 0.25) is 21.8 Å². The Morgan fingerprint density at radius 3 is 2.32 bits per heavy atom. The molecule has 2 aromatic carbocycles. The maximum Gasteiger partial charge on any atom is 0.240 e. The van der Waals surface area contributed by atoms with Gasteiger partial charge in [-0.2, -0.15) is 0 Å². The van der Waals surface area contributed by atoms with E-state index in [9.17, 15) is 8.42 Å². The second kappa shape index (κ2) is 10.8. The first-order valence-electron chi connectivity index (χ1n) is 14.4. The summed E-state index contributed by atoms with van der Waals surface area (Å²) in [5.41, 5.74) is 3.41. The molecule has 1 aliphatic heterocycles. The van der Waals surface area contributed by atoms with Crippen molar-refractivity contribution in [3.05, 3.63) is 54.2 Å². The topological polar surface area (TPSA) is 120 Å². The lowest BCUT2D eigenvalue weighted by Crippen LogP contribution is -2.44. The molecule has 0 unspecified atom stereocenters. The first kappa shape index (κ1) is 27.9. The van der Waals surface area contributed by atoms with Crippen molar-refractivity contribution in [2.75, 3.05) is 38.1 Å². The summed E-state index contributed by atoms with van der Waals surface area (Å²) < 4.78 is 35.4. The van der Waals surface area contributed by atoms with Gasteiger partial charge in [-0.05, 0) is 75.2 Å². The Bertz CT molecular complexity index is 1610. The molecular weight excluding hydrogens is 538 g/mol. The number of fused-ring (bicyclic) bond motifs is 1. The maximum atomic E-state index is 13.3. The van der Waals surface area contributed by atoms with Gasteiger partial charge >= 0.3 is 0 Å². The summed E-state index contributed by atoms with van der Waals surface area (Å²) in [5, 5.41) is 8.48. The van der Waals surface area contributed by atoms with Crippen LogP contribution in [0.2, 0.25) is 0 Å². The number of aromatic amines is 1. The number of imidazole rings is 1. The first-order valence-corrected chi connectivity index (χ1v) is 15.9. The summed E-state index contributed by atoms with van der Waals surface area (Å²) >= 11 is 0. The molecule has 4 aromatic rings. The average molecular weight is 578 g/mol. The van der Waals surface area contributed by atoms with Gasteiger partial charge < -0.3 is 19.2 Å². The van der Waals surface area contributed by atoms with Crippen LogP contribution in [0.1, 0.15) is 64.2 Å². The van der Waals surface area contributed by atoms with E-state index in [1.54, 1.807) is 18.2 Å². The smallest absolute Gasteiger partial charge is 0.240 e. The van der Waals surface area contributed by atoms with Crippen molar-refractivity contribution >= 4 is 26.7 Å². The second-order valence-corrected chi connectivity index (χ2v) is 14.2. The third kappa shape index (κ3) is 6.02. The van der Waals surface area contributed by atoms with E-state index in [-0.39, 0.29) is 22.3 Å². The van der Waals surface area contributed by atoms with Crippen molar-refractivity contribution in [1.82, 2.24) is 29.8 Å². The predicted molar refractivity (Wildman–Crippen MR) is 160 cm³/mol. The molecule has 1 aliphatic carbocycles. The Kier molecular flexibility index (Phi) is 7.37. The zero-order valence-electron chi connectivity index (χ0n) is 24.2. The normalized spacial score (nSPS) is 21.0. The van der Waals surface area contributed by atoms with E-state index in [1.807, 2.05) is 20.8 Å². The van der Waals surface area contributed by atoms with Crippen molar-refractivity contribution < 1.29 is 12.8 Å². The molecule has 1 saturated carbocycles. The van der Waals surface area contributed by atoms with E-state index in [4.69, 9.17) is 9.40 Å². The molecule has 6 rings (SSSR count). The van der Waals surface area contributed by atoms with Crippen LogP contribution in [0.5, 0.6) is 0 Å². The van der Waals surface area contributed by atoms with Crippen LogP contribution < -0.4 is 9.62 Å². The Labute approximate surface area is 241 Å². The summed E-state index contributed by atoms with van der Waals surface area (Å²) in [6.45, 7) is 10.3. The Morgan fingerprint density at radius 1 is 0.951 bits per heavy atom. The number of likely N-dealkylation sites (N-methyl/N-ethyl adjacent to an activating group) is 1. The molecule has 218 valence electrons. The molecule has 0 bridgehead atoms. The summed E-state index contributed by atoms with van der Waals surface area (Å²) in [6, 6.07) is 13.3. The van der Waals surface area contributed by atoms with Crippen molar-refractivity contribution in [2.45, 2.75) is 68.7 Å². The van der Waals surface area contributed by atoms with Crippen LogP contribution in [0.15, 0.2) is 51.8 Å². The van der Waals surface area contributed by atoms with Gasteiger partial charge in [0.1, 0.15) is 5.82 Å². The second-order valence-electron chi connectivity index (χ2n) is 12.5. The lowest BCUT2D eigenvalue weighted by molar-refractivity contribution is 0.304. The molecule has 0 radical (unpaired) electrons. The molecule has 2 fully saturated rings. The molecule has 41 heavy (non-hydrogen) atoms. The van der Waals surface area contributed by atoms with Gasteiger partial charge in [0.25, 0.3) is 0 Å². The molecule has 1 saturated heterocycles. The fourth-order valence-electron chi connectivity index (χ4n) is 5.63. The fraction of sp³-hybridized carbons (Fsp3) is 0.500. The Morgan fingerprint density at radius 2 is 1.66 bits per heavy atom. The van der Waals surface area contributed by atoms with Crippen LogP contribution in [-0.4, -0.2) is 72.8 Å². The minimum absolute atomic E-state index is 0.134. The highest BCUT2D eigenvalue weighted by atomic mass is 32.2. The number of rotatable bonds is 6. The highest BCUT2D eigenvalue weighted by Crippen LogP contribution is 2.34. The molecule has 10 nitrogen and oxygen atoms in total. The number of anilines is 1. The third-order valence-corrected chi connectivity index (χ3v) is 9.77. The van der Waals surface area contributed by atoms with Crippen molar-refractivity contribution in [3.63, 3.8) is 0 Å². The summed E-state index contributed by atoms with van der Waals surface area (Å²) in [5.74, 6) is 2.18. The molecule has 2 aromatic heterocycles. The molecule has 0 amide bonds. The van der Waals surface area contributed by atoms with Crippen LogP contribution in [0.3, 0.4) is 0 Å². The molecule has 2 N–H and O–H groups in total. The van der Waals surface area contributed by atoms with Crippen LogP contribution in [0.25, 0.3) is 22.4 Å². The largest absolute Gasteiger partial charge is 0.424 e. The van der Waals surface area contributed by atoms with Gasteiger partial charge in [-0.3, -0.25) is 0 Å². The molecule has 3 heterocycles. The number of piperazine rings is 1. The van der Waals surface area contributed by atoms with Gasteiger partial charge in [0.15, 0.2) is 0 Å². The van der Waals surface area contributed by atoms with Gasteiger partial charge in [0, 0.05) is 54.8 Å². The van der Waals surface area contributed by atoms with Crippen LogP contribution >= 0.6 is 0 Å². The maximum absolute atomic E-state index is 13.3. The van der Waals surface area contributed by atoms with Crippen molar-refractivity contribution in [1.29, 1.82) is 0 Å². The quantitative estimate of drug-likeness (QED) is 0.339. The number of benzene rings is 2. The number of aromatic nitrogens is 4. The molecule has 2 aliphatic rings. The SMILES string of the molecule is CN1CCN(c2ccc(-c3nc4cc(S(=O)(=O)N[C@H]5CC[C@H](c6nnc(C(C)(C)C)o6)CC5)ccc4[nH]3)cc2)CC1. The number of nitrogens with zero attached hydrogens (tertiary/aromatic N) is 5. The number of sulfonamides is 1. The minimum atomic E-state index is -3.69. The van der Waals surface area contributed by atoms with E-state index >= 15 is 0 Å². The molecule has 0 spiro atoms. The van der Waals surface area contributed by atoms with E-state index < -0.39 is 10.0 Å². The molecule has 11 heteroatoms. The Hall–Kier alpha value is -3.28. The van der Waals surface area contributed by atoms with Crippen LogP contribution in [-0.2, 0) is 15.4 Å². The average Bonchev–Trinajstić information content (AvgIpc) is 3.62. The number of hydrogen-bond acceptors (Lipinski definition) is 8. The van der Waals surface area contributed by atoms with Crippen LogP contribution in [0.4, 0.5) is 5.69 Å². The number of nitrogens with one attached hydrogen (secondary N) is 2. The van der Waals surface area contributed by atoms with Gasteiger partial charge in [-0.1, -0.05) is 20.8 Å². The fourth-order valence-corrected chi connectivity index (χ4v) is 6.96. The lowest BCUT2D eigenvalue weighted by Gasteiger charge is -2.34. The molecule has 0 atom stereocenters. The molecular formula is C30H39N7O3S. The summed E-state index contributed by atoms with van der Waals surface area (Å²) in [6.07, 6.45) is 3.04. The van der Waals surface area contributed by atoms with Crippen molar-refractivity contribution in [2.24, 2.45) is 0 Å². The highest BCUT2D eigenvalue weighted by molar-refractivity contribution is 7.89. The van der Waals surface area contributed by atoms with E-state index in [0.29, 0.717) is 17.3 Å². The zero-order valence-corrected chi connectivity index (χ0v) is 25.0. The number of hydrogen-bond donors (Lipinski definition) is 2. The van der Waals surface area contributed by atoms with Gasteiger partial charge in [0.05, 0.1) is 15.9 Å². The van der Waals surface area contributed by atoms with Crippen LogP contribution in [0, 0.1) is 0 Å². The van der Waals surface area contributed by atoms with E-state index in [0.717, 1.165) is 68.8 Å². The van der Waals surface area contributed by atoms with E-state index in [2.05, 4.69) is 61.0 Å². The van der Waals surface area contributed by atoms with Gasteiger partial charge in [-0.25, -0.2) is 18.1 Å². The Balaban J connectivity index is 1.10.